The van der Waals surface area contributed by atoms with E-state index in [4.69, 9.17) is 0 Å². The standard InChI is InChI=1S/C23H23F4N3/c24-17-4-8-21-15(9-17)10-18(29-21)11-28-22-7-1-14-12-30(13-20(14)22)19-5-2-16(3-6-19)23(25,26)27/h2-6,8-10,14,20,22,28-29H,1,7,11-13H2. The number of rotatable bonds is 4. The van der Waals surface area contributed by atoms with Crippen LogP contribution in [0.2, 0.25) is 0 Å². The molecule has 1 saturated heterocycles. The summed E-state index contributed by atoms with van der Waals surface area (Å²) < 4.78 is 51.8. The highest BCUT2D eigenvalue weighted by atomic mass is 19.4. The van der Waals surface area contributed by atoms with Gasteiger partial charge in [0.05, 0.1) is 5.56 Å². The number of nitrogens with zero attached hydrogens (tertiary/aromatic N) is 1. The predicted octanol–water partition coefficient (Wildman–Crippen LogP) is 5.33. The van der Waals surface area contributed by atoms with Gasteiger partial charge in [-0.25, -0.2) is 4.39 Å². The third-order valence-corrected chi connectivity index (χ3v) is 6.61. The molecule has 2 heterocycles. The maximum absolute atomic E-state index is 13.4. The fourth-order valence-electron chi connectivity index (χ4n) is 5.09. The molecule has 5 rings (SSSR count). The Morgan fingerprint density at radius 1 is 1.00 bits per heavy atom. The molecule has 2 N–H and O–H groups in total. The normalized spacial score (nSPS) is 24.0. The van der Waals surface area contributed by atoms with Gasteiger partial charge >= 0.3 is 6.18 Å². The molecule has 3 unspecified atom stereocenters. The number of hydrogen-bond acceptors (Lipinski definition) is 2. The quantitative estimate of drug-likeness (QED) is 0.562. The molecule has 1 aliphatic heterocycles. The third-order valence-electron chi connectivity index (χ3n) is 6.61. The molecule has 7 heteroatoms. The van der Waals surface area contributed by atoms with E-state index in [2.05, 4.69) is 15.2 Å². The summed E-state index contributed by atoms with van der Waals surface area (Å²) in [6.07, 6.45) is -2.08. The zero-order valence-corrected chi connectivity index (χ0v) is 16.3. The van der Waals surface area contributed by atoms with Crippen molar-refractivity contribution in [3.05, 3.63) is 65.6 Å². The third kappa shape index (κ3) is 3.67. The Bertz CT molecular complexity index is 1040. The highest BCUT2D eigenvalue weighted by molar-refractivity contribution is 5.80. The lowest BCUT2D eigenvalue weighted by Crippen LogP contribution is -2.35. The van der Waals surface area contributed by atoms with E-state index in [9.17, 15) is 17.6 Å². The second kappa shape index (κ2) is 7.30. The maximum Gasteiger partial charge on any atom is 0.416 e. The summed E-state index contributed by atoms with van der Waals surface area (Å²) in [4.78, 5) is 5.53. The van der Waals surface area contributed by atoms with Crippen molar-refractivity contribution in [2.75, 3.05) is 18.0 Å². The molecule has 30 heavy (non-hydrogen) atoms. The maximum atomic E-state index is 13.4. The van der Waals surface area contributed by atoms with Crippen molar-refractivity contribution in [2.45, 2.75) is 31.6 Å². The van der Waals surface area contributed by atoms with Gasteiger partial charge in [0.2, 0.25) is 0 Å². The molecule has 0 spiro atoms. The Morgan fingerprint density at radius 3 is 2.57 bits per heavy atom. The first-order valence-electron chi connectivity index (χ1n) is 10.3. The highest BCUT2D eigenvalue weighted by Crippen LogP contribution is 2.40. The van der Waals surface area contributed by atoms with Crippen LogP contribution < -0.4 is 10.2 Å². The first-order valence-corrected chi connectivity index (χ1v) is 10.3. The van der Waals surface area contributed by atoms with Gasteiger partial charge < -0.3 is 15.2 Å². The van der Waals surface area contributed by atoms with Crippen LogP contribution in [0.15, 0.2) is 48.5 Å². The van der Waals surface area contributed by atoms with Crippen molar-refractivity contribution < 1.29 is 17.6 Å². The average molecular weight is 417 g/mol. The molecule has 0 amide bonds. The number of aromatic amines is 1. The summed E-state index contributed by atoms with van der Waals surface area (Å²) in [6.45, 7) is 2.43. The van der Waals surface area contributed by atoms with E-state index in [1.807, 2.05) is 6.07 Å². The number of alkyl halides is 3. The van der Waals surface area contributed by atoms with Gasteiger partial charge in [-0.2, -0.15) is 13.2 Å². The Kier molecular flexibility index (Phi) is 4.73. The summed E-state index contributed by atoms with van der Waals surface area (Å²) in [6, 6.07) is 12.6. The van der Waals surface area contributed by atoms with Crippen LogP contribution >= 0.6 is 0 Å². The van der Waals surface area contributed by atoms with Gasteiger partial charge in [-0.3, -0.25) is 0 Å². The molecule has 3 aromatic rings. The fraction of sp³-hybridized carbons (Fsp3) is 0.391. The van der Waals surface area contributed by atoms with E-state index in [1.165, 1.54) is 12.1 Å². The number of anilines is 1. The molecule has 1 aromatic heterocycles. The van der Waals surface area contributed by atoms with Gasteiger partial charge in [0.25, 0.3) is 0 Å². The Morgan fingerprint density at radius 2 is 1.80 bits per heavy atom. The second-order valence-electron chi connectivity index (χ2n) is 8.46. The molecule has 0 bridgehead atoms. The molecular weight excluding hydrogens is 394 g/mol. The Balaban J connectivity index is 1.22. The van der Waals surface area contributed by atoms with E-state index < -0.39 is 11.7 Å². The minimum Gasteiger partial charge on any atom is -0.371 e. The van der Waals surface area contributed by atoms with Crippen LogP contribution in [0.5, 0.6) is 0 Å². The summed E-state index contributed by atoms with van der Waals surface area (Å²) in [5.74, 6) is 0.796. The topological polar surface area (TPSA) is 31.1 Å². The minimum absolute atomic E-state index is 0.242. The number of aromatic nitrogens is 1. The monoisotopic (exact) mass is 417 g/mol. The average Bonchev–Trinajstić information content (AvgIpc) is 3.39. The molecule has 2 aliphatic rings. The van der Waals surface area contributed by atoms with Gasteiger partial charge in [-0.1, -0.05) is 0 Å². The van der Waals surface area contributed by atoms with Crippen LogP contribution in [0, 0.1) is 17.7 Å². The predicted molar refractivity (Wildman–Crippen MR) is 109 cm³/mol. The van der Waals surface area contributed by atoms with Crippen LogP contribution in [0.25, 0.3) is 10.9 Å². The molecule has 158 valence electrons. The van der Waals surface area contributed by atoms with Gasteiger partial charge in [0.15, 0.2) is 0 Å². The number of fused-ring (bicyclic) bond motifs is 2. The molecule has 2 aromatic carbocycles. The molecule has 1 saturated carbocycles. The summed E-state index contributed by atoms with van der Waals surface area (Å²) in [5.41, 5.74) is 2.20. The summed E-state index contributed by atoms with van der Waals surface area (Å²) >= 11 is 0. The summed E-state index contributed by atoms with van der Waals surface area (Å²) in [7, 11) is 0. The molecule has 2 fully saturated rings. The van der Waals surface area contributed by atoms with E-state index in [1.54, 1.807) is 18.2 Å². The van der Waals surface area contributed by atoms with Crippen LogP contribution in [0.1, 0.15) is 24.1 Å². The minimum atomic E-state index is -4.30. The van der Waals surface area contributed by atoms with Crippen LogP contribution in [-0.4, -0.2) is 24.1 Å². The van der Waals surface area contributed by atoms with Crippen molar-refractivity contribution in [1.29, 1.82) is 0 Å². The van der Waals surface area contributed by atoms with Crippen LogP contribution in [-0.2, 0) is 12.7 Å². The van der Waals surface area contributed by atoms with Gasteiger partial charge in [0, 0.05) is 48.0 Å². The van der Waals surface area contributed by atoms with E-state index in [0.717, 1.165) is 60.3 Å². The van der Waals surface area contributed by atoms with Crippen molar-refractivity contribution in [2.24, 2.45) is 11.8 Å². The molecule has 1 aliphatic carbocycles. The van der Waals surface area contributed by atoms with Gasteiger partial charge in [-0.15, -0.1) is 0 Å². The van der Waals surface area contributed by atoms with Crippen molar-refractivity contribution in [1.82, 2.24) is 10.3 Å². The number of halogens is 4. The van der Waals surface area contributed by atoms with E-state index in [0.29, 0.717) is 24.4 Å². The van der Waals surface area contributed by atoms with Gasteiger partial charge in [-0.05, 0) is 73.2 Å². The highest BCUT2D eigenvalue weighted by Gasteiger charge is 2.42. The lowest BCUT2D eigenvalue weighted by Gasteiger charge is -2.23. The lowest BCUT2D eigenvalue weighted by molar-refractivity contribution is -0.137. The Labute approximate surface area is 172 Å². The SMILES string of the molecule is Fc1ccc2[nH]c(CNC3CCC4CN(c5ccc(C(F)(F)F)cc5)CC43)cc2c1. The van der Waals surface area contributed by atoms with Crippen LogP contribution in [0.4, 0.5) is 23.2 Å². The molecule has 3 atom stereocenters. The number of H-pyrrole nitrogens is 1. The Hall–Kier alpha value is -2.54. The van der Waals surface area contributed by atoms with E-state index >= 15 is 0 Å². The largest absolute Gasteiger partial charge is 0.416 e. The number of nitrogens with one attached hydrogen (secondary N) is 2. The van der Waals surface area contributed by atoms with E-state index in [-0.39, 0.29) is 5.82 Å². The molecular formula is C23H23F4N3. The first kappa shape index (κ1) is 19.4. The van der Waals surface area contributed by atoms with Crippen LogP contribution in [0.3, 0.4) is 0 Å². The first-order chi connectivity index (χ1) is 14.4. The fourth-order valence-corrected chi connectivity index (χ4v) is 5.09. The number of hydrogen-bond donors (Lipinski definition) is 2. The number of benzene rings is 2. The smallest absolute Gasteiger partial charge is 0.371 e. The molecule has 3 nitrogen and oxygen atoms in total. The second-order valence-corrected chi connectivity index (χ2v) is 8.46. The summed E-state index contributed by atoms with van der Waals surface area (Å²) in [5, 5.41) is 4.51. The zero-order valence-electron chi connectivity index (χ0n) is 16.3. The molecule has 0 radical (unpaired) electrons. The van der Waals surface area contributed by atoms with Crippen molar-refractivity contribution >= 4 is 16.6 Å². The zero-order chi connectivity index (χ0) is 20.9. The van der Waals surface area contributed by atoms with Crippen molar-refractivity contribution in [3.8, 4) is 0 Å². The van der Waals surface area contributed by atoms with Crippen molar-refractivity contribution in [3.63, 3.8) is 0 Å². The van der Waals surface area contributed by atoms with Gasteiger partial charge in [0.1, 0.15) is 5.82 Å². The lowest BCUT2D eigenvalue weighted by atomic mass is 9.98.